The molecule has 116 valence electrons. The lowest BCUT2D eigenvalue weighted by atomic mass is 9.79. The Hall–Kier alpha value is -1.49. The third kappa shape index (κ3) is 3.46. The molecule has 0 aliphatic carbocycles. The summed E-state index contributed by atoms with van der Waals surface area (Å²) in [5, 5.41) is 11.7. The molecule has 1 aliphatic rings. The average molecular weight is 317 g/mol. The van der Waals surface area contributed by atoms with E-state index in [9.17, 15) is 0 Å². The van der Waals surface area contributed by atoms with Gasteiger partial charge in [-0.05, 0) is 51.5 Å². The van der Waals surface area contributed by atoms with Crippen LogP contribution in [0.15, 0.2) is 29.3 Å². The molecule has 1 aromatic carbocycles. The van der Waals surface area contributed by atoms with Crippen LogP contribution in [-0.2, 0) is 9.31 Å². The molecule has 1 fully saturated rings. The SMILES string of the molecule is CSC(=Nc1ccc(B2OC(C)(C)C(C)(C)O2)cc1)NC#N. The van der Waals surface area contributed by atoms with E-state index in [2.05, 4.69) is 10.3 Å². The summed E-state index contributed by atoms with van der Waals surface area (Å²) >= 11 is 1.39. The van der Waals surface area contributed by atoms with E-state index in [0.717, 1.165) is 11.2 Å². The first-order valence-corrected chi connectivity index (χ1v) is 8.25. The molecule has 22 heavy (non-hydrogen) atoms. The van der Waals surface area contributed by atoms with Crippen molar-refractivity contribution in [1.82, 2.24) is 5.32 Å². The van der Waals surface area contributed by atoms with Gasteiger partial charge >= 0.3 is 7.12 Å². The molecular formula is C15H20BN3O2S. The van der Waals surface area contributed by atoms with Crippen molar-refractivity contribution in [2.24, 2.45) is 4.99 Å². The number of benzene rings is 1. The van der Waals surface area contributed by atoms with Crippen molar-refractivity contribution in [3.8, 4) is 6.19 Å². The van der Waals surface area contributed by atoms with Gasteiger partial charge in [-0.25, -0.2) is 4.99 Å². The Kier molecular flexibility index (Phi) is 4.85. The summed E-state index contributed by atoms with van der Waals surface area (Å²) in [6.07, 6.45) is 3.73. The van der Waals surface area contributed by atoms with E-state index in [4.69, 9.17) is 14.6 Å². The minimum Gasteiger partial charge on any atom is -0.399 e. The van der Waals surface area contributed by atoms with E-state index in [1.807, 2.05) is 64.4 Å². The molecule has 1 saturated heterocycles. The summed E-state index contributed by atoms with van der Waals surface area (Å²) in [5.74, 6) is 0. The van der Waals surface area contributed by atoms with E-state index in [1.165, 1.54) is 11.8 Å². The maximum Gasteiger partial charge on any atom is 0.494 e. The van der Waals surface area contributed by atoms with Gasteiger partial charge in [0.2, 0.25) is 0 Å². The van der Waals surface area contributed by atoms with Crippen molar-refractivity contribution in [2.75, 3.05) is 6.26 Å². The Labute approximate surface area is 136 Å². The number of hydrogen-bond donors (Lipinski definition) is 1. The van der Waals surface area contributed by atoms with Crippen LogP contribution in [0.2, 0.25) is 0 Å². The molecule has 0 aromatic heterocycles. The lowest BCUT2D eigenvalue weighted by molar-refractivity contribution is 0.00578. The first-order chi connectivity index (χ1) is 10.3. The second-order valence-electron chi connectivity index (χ2n) is 6.04. The van der Waals surface area contributed by atoms with Gasteiger partial charge < -0.3 is 9.31 Å². The minimum absolute atomic E-state index is 0.350. The van der Waals surface area contributed by atoms with Gasteiger partial charge in [0.25, 0.3) is 0 Å². The monoisotopic (exact) mass is 317 g/mol. The summed E-state index contributed by atoms with van der Waals surface area (Å²) in [6, 6.07) is 7.64. The third-order valence-corrected chi connectivity index (χ3v) is 4.59. The molecule has 5 nitrogen and oxygen atoms in total. The van der Waals surface area contributed by atoms with Crippen molar-refractivity contribution in [3.05, 3.63) is 24.3 Å². The lowest BCUT2D eigenvalue weighted by Gasteiger charge is -2.32. The number of aliphatic imine (C=N–C) groups is 1. The van der Waals surface area contributed by atoms with Crippen LogP contribution in [0, 0.1) is 11.5 Å². The van der Waals surface area contributed by atoms with Crippen molar-refractivity contribution in [3.63, 3.8) is 0 Å². The number of amidine groups is 1. The molecule has 1 heterocycles. The molecule has 0 spiro atoms. The minimum atomic E-state index is -0.375. The highest BCUT2D eigenvalue weighted by Gasteiger charge is 2.51. The smallest absolute Gasteiger partial charge is 0.399 e. The normalized spacial score (nSPS) is 19.8. The second-order valence-corrected chi connectivity index (χ2v) is 6.83. The van der Waals surface area contributed by atoms with E-state index >= 15 is 0 Å². The zero-order valence-corrected chi connectivity index (χ0v) is 14.3. The molecule has 1 aromatic rings. The molecule has 2 rings (SSSR count). The Morgan fingerprint density at radius 1 is 1.18 bits per heavy atom. The van der Waals surface area contributed by atoms with Crippen LogP contribution in [-0.4, -0.2) is 29.7 Å². The fraction of sp³-hybridized carbons (Fsp3) is 0.467. The Bertz CT molecular complexity index is 592. The van der Waals surface area contributed by atoms with Crippen molar-refractivity contribution in [1.29, 1.82) is 5.26 Å². The van der Waals surface area contributed by atoms with Crippen molar-refractivity contribution >= 4 is 35.2 Å². The van der Waals surface area contributed by atoms with Crippen LogP contribution < -0.4 is 10.8 Å². The van der Waals surface area contributed by atoms with Crippen LogP contribution in [0.5, 0.6) is 0 Å². The maximum absolute atomic E-state index is 8.64. The van der Waals surface area contributed by atoms with E-state index in [0.29, 0.717) is 5.17 Å². The number of hydrogen-bond acceptors (Lipinski definition) is 5. The van der Waals surface area contributed by atoms with Crippen LogP contribution in [0.3, 0.4) is 0 Å². The van der Waals surface area contributed by atoms with Gasteiger partial charge in [0.05, 0.1) is 16.9 Å². The fourth-order valence-electron chi connectivity index (χ4n) is 1.97. The van der Waals surface area contributed by atoms with Crippen LogP contribution in [0.25, 0.3) is 0 Å². The van der Waals surface area contributed by atoms with Crippen LogP contribution >= 0.6 is 11.8 Å². The van der Waals surface area contributed by atoms with Crippen molar-refractivity contribution in [2.45, 2.75) is 38.9 Å². The molecule has 0 radical (unpaired) electrons. The van der Waals surface area contributed by atoms with Crippen LogP contribution in [0.4, 0.5) is 5.69 Å². The van der Waals surface area contributed by atoms with Gasteiger partial charge in [0.1, 0.15) is 0 Å². The summed E-state index contributed by atoms with van der Waals surface area (Å²) in [7, 11) is -0.375. The highest BCUT2D eigenvalue weighted by molar-refractivity contribution is 8.13. The molecule has 7 heteroatoms. The van der Waals surface area contributed by atoms with E-state index < -0.39 is 0 Å². The predicted octanol–water partition coefficient (Wildman–Crippen LogP) is 2.41. The number of nitriles is 1. The zero-order valence-electron chi connectivity index (χ0n) is 13.5. The van der Waals surface area contributed by atoms with Gasteiger partial charge in [0.15, 0.2) is 11.4 Å². The summed E-state index contributed by atoms with van der Waals surface area (Å²) < 4.78 is 12.0. The topological polar surface area (TPSA) is 66.6 Å². The van der Waals surface area contributed by atoms with Gasteiger partial charge in [-0.2, -0.15) is 5.26 Å². The Morgan fingerprint density at radius 2 is 1.73 bits per heavy atom. The van der Waals surface area contributed by atoms with Gasteiger partial charge in [-0.3, -0.25) is 5.32 Å². The number of rotatable bonds is 2. The fourth-order valence-corrected chi connectivity index (χ4v) is 2.32. The highest BCUT2D eigenvalue weighted by atomic mass is 32.2. The van der Waals surface area contributed by atoms with Gasteiger partial charge in [0, 0.05) is 0 Å². The van der Waals surface area contributed by atoms with Gasteiger partial charge in [-0.15, -0.1) is 0 Å². The lowest BCUT2D eigenvalue weighted by Crippen LogP contribution is -2.41. The first-order valence-electron chi connectivity index (χ1n) is 7.02. The van der Waals surface area contributed by atoms with E-state index in [1.54, 1.807) is 0 Å². The standard InChI is InChI=1S/C15H20BN3O2S/c1-14(2)15(3,4)21-16(20-14)11-6-8-12(9-7-11)19-13(22-5)18-10-17/h6-9H,1-5H3,(H,18,19). The summed E-state index contributed by atoms with van der Waals surface area (Å²) in [5.41, 5.74) is 1.03. The molecule has 0 amide bonds. The number of thioether (sulfide) groups is 1. The largest absolute Gasteiger partial charge is 0.494 e. The maximum atomic E-state index is 8.64. The summed E-state index contributed by atoms with van der Waals surface area (Å²) in [6.45, 7) is 8.13. The van der Waals surface area contributed by atoms with E-state index in [-0.39, 0.29) is 18.3 Å². The average Bonchev–Trinajstić information content (AvgIpc) is 2.67. The Balaban J connectivity index is 2.16. The molecule has 0 bridgehead atoms. The second kappa shape index (κ2) is 6.33. The third-order valence-electron chi connectivity index (χ3n) is 4.01. The molecule has 0 unspecified atom stereocenters. The molecular weight excluding hydrogens is 297 g/mol. The molecule has 0 atom stereocenters. The highest BCUT2D eigenvalue weighted by Crippen LogP contribution is 2.36. The summed E-state index contributed by atoms with van der Waals surface area (Å²) in [4.78, 5) is 4.36. The number of nitrogens with zero attached hydrogens (tertiary/aromatic N) is 2. The quantitative estimate of drug-likeness (QED) is 0.298. The number of nitrogens with one attached hydrogen (secondary N) is 1. The molecule has 0 saturated carbocycles. The first kappa shape index (κ1) is 16.9. The zero-order chi connectivity index (χ0) is 16.4. The molecule has 1 aliphatic heterocycles. The van der Waals surface area contributed by atoms with Crippen molar-refractivity contribution < 1.29 is 9.31 Å². The van der Waals surface area contributed by atoms with Gasteiger partial charge in [-0.1, -0.05) is 23.9 Å². The molecule has 1 N–H and O–H groups in total. The predicted molar refractivity (Wildman–Crippen MR) is 91.5 cm³/mol. The van der Waals surface area contributed by atoms with Crippen LogP contribution in [0.1, 0.15) is 27.7 Å². The Morgan fingerprint density at radius 3 is 2.18 bits per heavy atom.